The molecule has 2 aromatic carbocycles. The van der Waals surface area contributed by atoms with Crippen molar-refractivity contribution >= 4 is 23.4 Å². The summed E-state index contributed by atoms with van der Waals surface area (Å²) in [6.45, 7) is 3.27. The molecule has 1 fully saturated rings. The molecule has 11 heteroatoms. The Kier molecular flexibility index (Phi) is 8.19. The second-order valence-electron chi connectivity index (χ2n) is 9.54. The largest absolute Gasteiger partial charge is 0.497 e. The predicted octanol–water partition coefficient (Wildman–Crippen LogP) is 3.66. The van der Waals surface area contributed by atoms with Gasteiger partial charge in [0.1, 0.15) is 17.9 Å². The van der Waals surface area contributed by atoms with Crippen LogP contribution in [-0.2, 0) is 4.79 Å². The third-order valence-corrected chi connectivity index (χ3v) is 6.85. The van der Waals surface area contributed by atoms with Gasteiger partial charge >= 0.3 is 6.03 Å². The van der Waals surface area contributed by atoms with Gasteiger partial charge in [0, 0.05) is 50.3 Å². The van der Waals surface area contributed by atoms with Crippen molar-refractivity contribution < 1.29 is 14.3 Å². The van der Waals surface area contributed by atoms with Gasteiger partial charge in [0.15, 0.2) is 0 Å². The van der Waals surface area contributed by atoms with E-state index in [2.05, 4.69) is 25.5 Å². The van der Waals surface area contributed by atoms with Crippen LogP contribution in [0.3, 0.4) is 0 Å². The second-order valence-corrected chi connectivity index (χ2v) is 9.54. The highest BCUT2D eigenvalue weighted by molar-refractivity contribution is 5.89. The van der Waals surface area contributed by atoms with Crippen LogP contribution in [0.5, 0.6) is 5.75 Å². The molecule has 2 atom stereocenters. The zero-order valence-corrected chi connectivity index (χ0v) is 22.5. The molecule has 2 aromatic heterocycles. The number of rotatable bonds is 8. The van der Waals surface area contributed by atoms with Gasteiger partial charge in [-0.2, -0.15) is 4.98 Å². The summed E-state index contributed by atoms with van der Waals surface area (Å²) >= 11 is 0. The first kappa shape index (κ1) is 26.7. The number of methoxy groups -OCH3 is 1. The van der Waals surface area contributed by atoms with E-state index in [4.69, 9.17) is 9.72 Å². The summed E-state index contributed by atoms with van der Waals surface area (Å²) in [6.07, 6.45) is 6.94. The number of nitrogens with one attached hydrogen (secondary N) is 2. The molecular weight excluding hydrogens is 508 g/mol. The molecule has 40 heavy (non-hydrogen) atoms. The molecule has 2 N–H and O–H groups in total. The van der Waals surface area contributed by atoms with E-state index in [-0.39, 0.29) is 30.4 Å². The van der Waals surface area contributed by atoms with E-state index in [9.17, 15) is 9.59 Å². The van der Waals surface area contributed by atoms with Crippen LogP contribution >= 0.6 is 0 Å². The van der Waals surface area contributed by atoms with Gasteiger partial charge in [-0.05, 0) is 42.8 Å². The number of ether oxygens (including phenoxy) is 1. The van der Waals surface area contributed by atoms with E-state index in [0.717, 1.165) is 17.0 Å². The number of carbonyl (C=O) groups is 2. The Bertz CT molecular complexity index is 1430. The van der Waals surface area contributed by atoms with E-state index in [0.29, 0.717) is 31.4 Å². The number of benzene rings is 2. The maximum atomic E-state index is 13.3. The van der Waals surface area contributed by atoms with Crippen molar-refractivity contribution in [1.82, 2.24) is 29.7 Å². The fourth-order valence-corrected chi connectivity index (χ4v) is 4.75. The zero-order valence-electron chi connectivity index (χ0n) is 22.5. The average Bonchev–Trinajstić information content (AvgIpc) is 3.53. The summed E-state index contributed by atoms with van der Waals surface area (Å²) in [7, 11) is 1.62. The Balaban J connectivity index is 1.34. The van der Waals surface area contributed by atoms with Crippen molar-refractivity contribution in [2.24, 2.45) is 0 Å². The Morgan fingerprint density at radius 1 is 1.07 bits per heavy atom. The number of hydrogen-bond donors (Lipinski definition) is 2. The topological polar surface area (TPSA) is 118 Å². The Hall–Kier alpha value is -4.93. The molecule has 1 aliphatic rings. The maximum absolute atomic E-state index is 13.3. The van der Waals surface area contributed by atoms with Gasteiger partial charge in [-0.1, -0.05) is 30.3 Å². The summed E-state index contributed by atoms with van der Waals surface area (Å²) in [4.78, 5) is 43.4. The third kappa shape index (κ3) is 6.37. The summed E-state index contributed by atoms with van der Waals surface area (Å²) in [6, 6.07) is 18.1. The minimum atomic E-state index is -0.307. The lowest BCUT2D eigenvalue weighted by Crippen LogP contribution is -2.57. The molecule has 5 rings (SSSR count). The standard InChI is InChI=1S/C29H32N8O3/c1-21(22-7-6-10-25(17-22)40-2)32-27(38)18-24-19-35(29(39)33-23-8-4-3-5-9-23)15-16-37(24)26-11-12-31-28(34-26)36-14-13-30-20-36/h3-14,17,20-21,24H,15-16,18-19H2,1-2H3,(H,32,38)(H,33,39). The molecule has 0 spiro atoms. The molecule has 0 aliphatic carbocycles. The lowest BCUT2D eigenvalue weighted by molar-refractivity contribution is -0.122. The second kappa shape index (κ2) is 12.3. The summed E-state index contributed by atoms with van der Waals surface area (Å²) in [5.74, 6) is 1.77. The smallest absolute Gasteiger partial charge is 0.321 e. The quantitative estimate of drug-likeness (QED) is 0.350. The SMILES string of the molecule is COc1cccc(C(C)NC(=O)CC2CN(C(=O)Nc3ccccc3)CCN2c2ccnc(-n3ccnc3)n2)c1. The van der Waals surface area contributed by atoms with Crippen LogP contribution in [0, 0.1) is 0 Å². The van der Waals surface area contributed by atoms with Gasteiger partial charge in [-0.15, -0.1) is 0 Å². The first-order valence-corrected chi connectivity index (χ1v) is 13.1. The van der Waals surface area contributed by atoms with Crippen LogP contribution in [0.4, 0.5) is 16.3 Å². The van der Waals surface area contributed by atoms with Crippen molar-refractivity contribution in [2.45, 2.75) is 25.4 Å². The van der Waals surface area contributed by atoms with Gasteiger partial charge in [-0.3, -0.25) is 9.36 Å². The molecule has 0 bridgehead atoms. The van der Waals surface area contributed by atoms with Crippen LogP contribution in [0.1, 0.15) is 24.9 Å². The Labute approximate surface area is 232 Å². The van der Waals surface area contributed by atoms with Crippen molar-refractivity contribution in [2.75, 3.05) is 37.0 Å². The van der Waals surface area contributed by atoms with E-state index in [1.54, 1.807) is 41.5 Å². The number of carbonyl (C=O) groups excluding carboxylic acids is 2. The van der Waals surface area contributed by atoms with Crippen molar-refractivity contribution in [3.05, 3.63) is 91.1 Å². The number of anilines is 2. The summed E-state index contributed by atoms with van der Waals surface area (Å²) < 4.78 is 7.05. The van der Waals surface area contributed by atoms with Gasteiger partial charge in [0.05, 0.1) is 19.2 Å². The highest BCUT2D eigenvalue weighted by Gasteiger charge is 2.32. The number of aromatic nitrogens is 4. The van der Waals surface area contributed by atoms with Crippen molar-refractivity contribution in [3.63, 3.8) is 0 Å². The van der Waals surface area contributed by atoms with Gasteiger partial charge < -0.3 is 25.2 Å². The fraction of sp³-hybridized carbons (Fsp3) is 0.276. The molecule has 0 radical (unpaired) electrons. The fourth-order valence-electron chi connectivity index (χ4n) is 4.75. The molecule has 2 unspecified atom stereocenters. The van der Waals surface area contributed by atoms with Gasteiger partial charge in [-0.25, -0.2) is 14.8 Å². The summed E-state index contributed by atoms with van der Waals surface area (Å²) in [5.41, 5.74) is 1.66. The number of nitrogens with zero attached hydrogens (tertiary/aromatic N) is 6. The molecular formula is C29H32N8O3. The molecule has 11 nitrogen and oxygen atoms in total. The molecule has 1 saturated heterocycles. The van der Waals surface area contributed by atoms with E-state index < -0.39 is 0 Å². The van der Waals surface area contributed by atoms with Crippen LogP contribution in [0.25, 0.3) is 5.95 Å². The highest BCUT2D eigenvalue weighted by Crippen LogP contribution is 2.23. The van der Waals surface area contributed by atoms with Crippen LogP contribution < -0.4 is 20.3 Å². The molecule has 3 heterocycles. The van der Waals surface area contributed by atoms with E-state index >= 15 is 0 Å². The van der Waals surface area contributed by atoms with Crippen LogP contribution in [-0.4, -0.2) is 69.1 Å². The summed E-state index contributed by atoms with van der Waals surface area (Å²) in [5, 5.41) is 6.05. The number of urea groups is 1. The van der Waals surface area contributed by atoms with E-state index in [1.807, 2.05) is 67.6 Å². The average molecular weight is 541 g/mol. The Morgan fingerprint density at radius 3 is 2.70 bits per heavy atom. The van der Waals surface area contributed by atoms with Crippen LogP contribution in [0.15, 0.2) is 85.6 Å². The predicted molar refractivity (Wildman–Crippen MR) is 151 cm³/mol. The number of hydrogen-bond acceptors (Lipinski definition) is 7. The lowest BCUT2D eigenvalue weighted by atomic mass is 10.1. The monoisotopic (exact) mass is 540 g/mol. The third-order valence-electron chi connectivity index (χ3n) is 6.85. The molecule has 4 aromatic rings. The van der Waals surface area contributed by atoms with Crippen molar-refractivity contribution in [1.29, 1.82) is 0 Å². The molecule has 3 amide bonds. The molecule has 1 aliphatic heterocycles. The zero-order chi connectivity index (χ0) is 27.9. The normalized spacial score (nSPS) is 15.8. The first-order valence-electron chi connectivity index (χ1n) is 13.1. The van der Waals surface area contributed by atoms with Crippen molar-refractivity contribution in [3.8, 4) is 11.7 Å². The number of piperazine rings is 1. The van der Waals surface area contributed by atoms with Gasteiger partial charge in [0.25, 0.3) is 0 Å². The lowest BCUT2D eigenvalue weighted by Gasteiger charge is -2.42. The molecule has 206 valence electrons. The highest BCUT2D eigenvalue weighted by atomic mass is 16.5. The number of para-hydroxylation sites is 1. The van der Waals surface area contributed by atoms with E-state index in [1.165, 1.54) is 0 Å². The van der Waals surface area contributed by atoms with Crippen LogP contribution in [0.2, 0.25) is 0 Å². The molecule has 0 saturated carbocycles. The first-order chi connectivity index (χ1) is 19.5. The minimum absolute atomic E-state index is 0.125. The maximum Gasteiger partial charge on any atom is 0.321 e. The van der Waals surface area contributed by atoms with Gasteiger partial charge in [0.2, 0.25) is 11.9 Å². The Morgan fingerprint density at radius 2 is 1.93 bits per heavy atom. The minimum Gasteiger partial charge on any atom is -0.497 e. The number of imidazole rings is 1. The number of amides is 3.